The first-order chi connectivity index (χ1) is 11.7. The molecule has 1 aliphatic carbocycles. The lowest BCUT2D eigenvalue weighted by molar-refractivity contribution is -0.121. The number of carbonyl (C=O) groups is 1. The summed E-state index contributed by atoms with van der Waals surface area (Å²) in [5, 5.41) is 2.97. The summed E-state index contributed by atoms with van der Waals surface area (Å²) in [7, 11) is 0. The van der Waals surface area contributed by atoms with Gasteiger partial charge in [-0.3, -0.25) is 4.79 Å². The number of hydrogen-bond donors (Lipinski definition) is 2. The van der Waals surface area contributed by atoms with Gasteiger partial charge in [0.1, 0.15) is 5.75 Å². The SMILES string of the molecule is Nc1ccccc1CCC(=O)NCc1ccccc1OCC1CC1. The van der Waals surface area contributed by atoms with Crippen molar-refractivity contribution in [2.24, 2.45) is 5.92 Å². The minimum Gasteiger partial charge on any atom is -0.493 e. The summed E-state index contributed by atoms with van der Waals surface area (Å²) in [5.41, 5.74) is 8.68. The zero-order chi connectivity index (χ0) is 16.8. The maximum Gasteiger partial charge on any atom is 0.220 e. The lowest BCUT2D eigenvalue weighted by Crippen LogP contribution is -2.23. The average Bonchev–Trinajstić information content (AvgIpc) is 3.42. The van der Waals surface area contributed by atoms with Gasteiger partial charge in [0, 0.05) is 24.2 Å². The molecule has 24 heavy (non-hydrogen) atoms. The van der Waals surface area contributed by atoms with Crippen molar-refractivity contribution in [3.05, 3.63) is 59.7 Å². The fourth-order valence-corrected chi connectivity index (χ4v) is 2.58. The summed E-state index contributed by atoms with van der Waals surface area (Å²) in [5.74, 6) is 1.61. The normalized spacial score (nSPS) is 13.5. The predicted molar refractivity (Wildman–Crippen MR) is 95.7 cm³/mol. The summed E-state index contributed by atoms with van der Waals surface area (Å²) in [6, 6.07) is 15.6. The van der Waals surface area contributed by atoms with Gasteiger partial charge in [-0.05, 0) is 42.9 Å². The van der Waals surface area contributed by atoms with Crippen LogP contribution in [0.2, 0.25) is 0 Å². The third kappa shape index (κ3) is 4.75. The van der Waals surface area contributed by atoms with Crippen LogP contribution in [0, 0.1) is 5.92 Å². The summed E-state index contributed by atoms with van der Waals surface area (Å²) in [4.78, 5) is 12.1. The van der Waals surface area contributed by atoms with Gasteiger partial charge in [0.25, 0.3) is 0 Å². The quantitative estimate of drug-likeness (QED) is 0.732. The maximum atomic E-state index is 12.1. The highest BCUT2D eigenvalue weighted by atomic mass is 16.5. The molecule has 0 spiro atoms. The number of rotatable bonds is 8. The molecule has 2 aromatic carbocycles. The summed E-state index contributed by atoms with van der Waals surface area (Å²) in [6.07, 6.45) is 3.61. The molecule has 0 bridgehead atoms. The molecule has 0 aliphatic heterocycles. The largest absolute Gasteiger partial charge is 0.493 e. The van der Waals surface area contributed by atoms with Gasteiger partial charge in [-0.1, -0.05) is 36.4 Å². The number of nitrogens with two attached hydrogens (primary N) is 1. The molecule has 1 aliphatic rings. The number of hydrogen-bond acceptors (Lipinski definition) is 3. The molecule has 0 radical (unpaired) electrons. The van der Waals surface area contributed by atoms with Crippen molar-refractivity contribution in [2.45, 2.75) is 32.2 Å². The predicted octanol–water partition coefficient (Wildman–Crippen LogP) is 3.31. The van der Waals surface area contributed by atoms with E-state index < -0.39 is 0 Å². The van der Waals surface area contributed by atoms with Gasteiger partial charge in [0.05, 0.1) is 6.61 Å². The second-order valence-electron chi connectivity index (χ2n) is 6.34. The molecule has 1 amide bonds. The summed E-state index contributed by atoms with van der Waals surface area (Å²) in [6.45, 7) is 1.27. The summed E-state index contributed by atoms with van der Waals surface area (Å²) < 4.78 is 5.87. The van der Waals surface area contributed by atoms with Crippen LogP contribution in [0.5, 0.6) is 5.75 Å². The number of nitrogen functional groups attached to an aromatic ring is 1. The Labute approximate surface area is 143 Å². The highest BCUT2D eigenvalue weighted by molar-refractivity contribution is 5.76. The number of nitrogens with one attached hydrogen (secondary N) is 1. The molecule has 0 unspecified atom stereocenters. The smallest absolute Gasteiger partial charge is 0.220 e. The Morgan fingerprint density at radius 2 is 1.79 bits per heavy atom. The molecule has 0 saturated heterocycles. The van der Waals surface area contributed by atoms with Crippen molar-refractivity contribution >= 4 is 11.6 Å². The summed E-state index contributed by atoms with van der Waals surface area (Å²) >= 11 is 0. The molecule has 1 fully saturated rings. The third-order valence-electron chi connectivity index (χ3n) is 4.30. The van der Waals surface area contributed by atoms with Gasteiger partial charge in [-0.15, -0.1) is 0 Å². The zero-order valence-corrected chi connectivity index (χ0v) is 13.8. The van der Waals surface area contributed by atoms with Crippen LogP contribution in [-0.2, 0) is 17.8 Å². The topological polar surface area (TPSA) is 64.4 Å². The second kappa shape index (κ2) is 7.86. The van der Waals surface area contributed by atoms with Crippen LogP contribution in [-0.4, -0.2) is 12.5 Å². The van der Waals surface area contributed by atoms with E-state index in [4.69, 9.17) is 10.5 Å². The van der Waals surface area contributed by atoms with Crippen molar-refractivity contribution in [1.82, 2.24) is 5.32 Å². The average molecular weight is 324 g/mol. The van der Waals surface area contributed by atoms with Crippen LogP contribution in [0.25, 0.3) is 0 Å². The third-order valence-corrected chi connectivity index (χ3v) is 4.30. The van der Waals surface area contributed by atoms with E-state index in [1.54, 1.807) is 0 Å². The van der Waals surface area contributed by atoms with E-state index in [1.807, 2.05) is 48.5 Å². The van der Waals surface area contributed by atoms with E-state index in [9.17, 15) is 4.79 Å². The molecule has 4 nitrogen and oxygen atoms in total. The number of anilines is 1. The number of aryl methyl sites for hydroxylation is 1. The minimum absolute atomic E-state index is 0.0234. The minimum atomic E-state index is 0.0234. The van der Waals surface area contributed by atoms with E-state index >= 15 is 0 Å². The molecular weight excluding hydrogens is 300 g/mol. The first kappa shape index (κ1) is 16.4. The monoisotopic (exact) mass is 324 g/mol. The van der Waals surface area contributed by atoms with E-state index in [1.165, 1.54) is 12.8 Å². The Morgan fingerprint density at radius 1 is 1.08 bits per heavy atom. The number of ether oxygens (including phenoxy) is 1. The van der Waals surface area contributed by atoms with Crippen LogP contribution in [0.15, 0.2) is 48.5 Å². The van der Waals surface area contributed by atoms with Crippen molar-refractivity contribution in [2.75, 3.05) is 12.3 Å². The molecule has 2 aromatic rings. The molecule has 0 atom stereocenters. The van der Waals surface area contributed by atoms with Crippen LogP contribution >= 0.6 is 0 Å². The Hall–Kier alpha value is -2.49. The van der Waals surface area contributed by atoms with Gasteiger partial charge in [-0.2, -0.15) is 0 Å². The van der Waals surface area contributed by atoms with Crippen molar-refractivity contribution in [3.63, 3.8) is 0 Å². The van der Waals surface area contributed by atoms with Crippen molar-refractivity contribution < 1.29 is 9.53 Å². The standard InChI is InChI=1S/C20H24N2O2/c21-18-7-3-1-5-16(18)11-12-20(23)22-13-17-6-2-4-8-19(17)24-14-15-9-10-15/h1-8,15H,9-14,21H2,(H,22,23). The van der Waals surface area contributed by atoms with Gasteiger partial charge >= 0.3 is 0 Å². The molecular formula is C20H24N2O2. The van der Waals surface area contributed by atoms with Gasteiger partial charge in [-0.25, -0.2) is 0 Å². The Kier molecular flexibility index (Phi) is 5.36. The highest BCUT2D eigenvalue weighted by Gasteiger charge is 2.22. The number of para-hydroxylation sites is 2. The number of carbonyl (C=O) groups excluding carboxylic acids is 1. The molecule has 3 rings (SSSR count). The van der Waals surface area contributed by atoms with Gasteiger partial charge in [0.2, 0.25) is 5.91 Å². The molecule has 1 saturated carbocycles. The Balaban J connectivity index is 1.48. The second-order valence-corrected chi connectivity index (χ2v) is 6.34. The Bertz CT molecular complexity index is 696. The van der Waals surface area contributed by atoms with Crippen LogP contribution in [0.3, 0.4) is 0 Å². The van der Waals surface area contributed by atoms with Crippen molar-refractivity contribution in [1.29, 1.82) is 0 Å². The molecule has 126 valence electrons. The molecule has 3 N–H and O–H groups in total. The maximum absolute atomic E-state index is 12.1. The zero-order valence-electron chi connectivity index (χ0n) is 13.8. The fourth-order valence-electron chi connectivity index (χ4n) is 2.58. The lowest BCUT2D eigenvalue weighted by atomic mass is 10.1. The number of amides is 1. The molecule has 0 aromatic heterocycles. The Morgan fingerprint density at radius 3 is 2.54 bits per heavy atom. The van der Waals surface area contributed by atoms with E-state index in [0.29, 0.717) is 25.3 Å². The first-order valence-electron chi connectivity index (χ1n) is 8.53. The highest BCUT2D eigenvalue weighted by Crippen LogP contribution is 2.30. The first-order valence-corrected chi connectivity index (χ1v) is 8.53. The van der Waals surface area contributed by atoms with Crippen molar-refractivity contribution in [3.8, 4) is 5.75 Å². The lowest BCUT2D eigenvalue weighted by Gasteiger charge is -2.12. The van der Waals surface area contributed by atoms with E-state index in [2.05, 4.69) is 5.32 Å². The van der Waals surface area contributed by atoms with Crippen LogP contribution in [0.4, 0.5) is 5.69 Å². The fraction of sp³-hybridized carbons (Fsp3) is 0.350. The van der Waals surface area contributed by atoms with Gasteiger partial charge < -0.3 is 15.8 Å². The van der Waals surface area contributed by atoms with Crippen LogP contribution < -0.4 is 15.8 Å². The molecule has 4 heteroatoms. The molecule has 0 heterocycles. The number of benzene rings is 2. The van der Waals surface area contributed by atoms with E-state index in [0.717, 1.165) is 29.2 Å². The van der Waals surface area contributed by atoms with E-state index in [-0.39, 0.29) is 5.91 Å². The van der Waals surface area contributed by atoms with Gasteiger partial charge in [0.15, 0.2) is 0 Å². The van der Waals surface area contributed by atoms with Crippen LogP contribution in [0.1, 0.15) is 30.4 Å².